The van der Waals surface area contributed by atoms with Crippen LogP contribution in [0.5, 0.6) is 0 Å². The zero-order chi connectivity index (χ0) is 13.5. The molecular formula is C15H12O2Se2. The molecule has 0 spiro atoms. The van der Waals surface area contributed by atoms with Crippen molar-refractivity contribution in [2.45, 2.75) is 6.42 Å². The van der Waals surface area contributed by atoms with Gasteiger partial charge in [-0.1, -0.05) is 0 Å². The Balaban J connectivity index is 1.84. The van der Waals surface area contributed by atoms with Gasteiger partial charge in [-0.25, -0.2) is 0 Å². The van der Waals surface area contributed by atoms with Crippen LogP contribution >= 0.6 is 0 Å². The van der Waals surface area contributed by atoms with Crippen molar-refractivity contribution in [3.8, 4) is 0 Å². The van der Waals surface area contributed by atoms with Gasteiger partial charge >= 0.3 is 125 Å². The van der Waals surface area contributed by atoms with Gasteiger partial charge in [0.05, 0.1) is 0 Å². The Morgan fingerprint density at radius 1 is 0.684 bits per heavy atom. The first kappa shape index (κ1) is 14.2. The van der Waals surface area contributed by atoms with Crippen LogP contribution in [0, 0.1) is 0 Å². The molecule has 0 saturated heterocycles. The molecular weight excluding hydrogens is 370 g/mol. The molecule has 0 aliphatic carbocycles. The van der Waals surface area contributed by atoms with Gasteiger partial charge in [0, 0.05) is 0 Å². The third-order valence-corrected chi connectivity index (χ3v) is 5.93. The van der Waals surface area contributed by atoms with Crippen LogP contribution in [0.4, 0.5) is 0 Å². The van der Waals surface area contributed by atoms with E-state index in [2.05, 4.69) is 0 Å². The Labute approximate surface area is 124 Å². The molecule has 2 aromatic carbocycles. The maximum atomic E-state index is 11.8. The van der Waals surface area contributed by atoms with Crippen molar-refractivity contribution in [1.29, 1.82) is 0 Å². The molecule has 4 heteroatoms. The van der Waals surface area contributed by atoms with E-state index in [9.17, 15) is 9.59 Å². The molecule has 96 valence electrons. The fourth-order valence-corrected chi connectivity index (χ4v) is 5.08. The summed E-state index contributed by atoms with van der Waals surface area (Å²) in [4.78, 5) is 23.7. The molecule has 0 heterocycles. The van der Waals surface area contributed by atoms with Gasteiger partial charge in [0.15, 0.2) is 0 Å². The Bertz CT molecular complexity index is 501. The average molecular weight is 382 g/mol. The Kier molecular flexibility index (Phi) is 5.56. The fraction of sp³-hybridized carbons (Fsp3) is 0.0667. The number of rotatable bonds is 6. The fourth-order valence-electron chi connectivity index (χ4n) is 1.43. The molecule has 0 aromatic heterocycles. The summed E-state index contributed by atoms with van der Waals surface area (Å²) in [7, 11) is 0. The summed E-state index contributed by atoms with van der Waals surface area (Å²) in [5.41, 5.74) is 0. The van der Waals surface area contributed by atoms with Crippen molar-refractivity contribution in [3.05, 3.63) is 60.7 Å². The summed E-state index contributed by atoms with van der Waals surface area (Å²) >= 11 is -0.493. The van der Waals surface area contributed by atoms with E-state index in [1.165, 1.54) is 0 Å². The number of carbonyl (C=O) groups excluding carboxylic acids is 2. The number of carbonyl (C=O) groups is 2. The van der Waals surface area contributed by atoms with E-state index < -0.39 is 0 Å². The van der Waals surface area contributed by atoms with Crippen LogP contribution in [-0.2, 0) is 9.59 Å². The van der Waals surface area contributed by atoms with E-state index in [-0.39, 0.29) is 45.7 Å². The molecule has 0 saturated carbocycles. The van der Waals surface area contributed by atoms with Gasteiger partial charge in [-0.05, 0) is 0 Å². The first-order valence-corrected chi connectivity index (χ1v) is 9.18. The topological polar surface area (TPSA) is 34.1 Å². The molecule has 0 aliphatic rings. The number of hydrogen-bond donors (Lipinski definition) is 0. The molecule has 0 amide bonds. The standard InChI is InChI=1S/C15H12O2Se2/c16-14(18-12-7-3-1-4-8-12)11-15(17)19-13-9-5-2-6-10-13/h1-10H,11H2. The number of hydrogen-bond acceptors (Lipinski definition) is 2. The van der Waals surface area contributed by atoms with Crippen LogP contribution in [0.1, 0.15) is 6.42 Å². The molecule has 0 unspecified atom stereocenters. The van der Waals surface area contributed by atoms with E-state index in [1.54, 1.807) is 0 Å². The summed E-state index contributed by atoms with van der Waals surface area (Å²) < 4.78 is 2.17. The molecule has 2 nitrogen and oxygen atoms in total. The molecule has 2 rings (SSSR count). The molecule has 2 aromatic rings. The molecule has 19 heavy (non-hydrogen) atoms. The predicted molar refractivity (Wildman–Crippen MR) is 78.3 cm³/mol. The predicted octanol–water partition coefficient (Wildman–Crippen LogP) is 0.489. The zero-order valence-corrected chi connectivity index (χ0v) is 13.5. The van der Waals surface area contributed by atoms with E-state index >= 15 is 0 Å². The molecule has 0 bridgehead atoms. The van der Waals surface area contributed by atoms with Crippen LogP contribution in [0.25, 0.3) is 0 Å². The van der Waals surface area contributed by atoms with Gasteiger partial charge in [-0.3, -0.25) is 0 Å². The zero-order valence-electron chi connectivity index (χ0n) is 10.1. The van der Waals surface area contributed by atoms with Gasteiger partial charge in [0.25, 0.3) is 0 Å². The minimum atomic E-state index is -0.246. The van der Waals surface area contributed by atoms with Crippen molar-refractivity contribution in [1.82, 2.24) is 0 Å². The summed E-state index contributed by atoms with van der Waals surface area (Å²) in [6.07, 6.45) is 0.0732. The third-order valence-electron chi connectivity index (χ3n) is 2.24. The normalized spacial score (nSPS) is 10.1. The van der Waals surface area contributed by atoms with Crippen LogP contribution in [0.2, 0.25) is 0 Å². The summed E-state index contributed by atoms with van der Waals surface area (Å²) in [6, 6.07) is 19.3. The van der Waals surface area contributed by atoms with Crippen LogP contribution in [0.15, 0.2) is 60.7 Å². The van der Waals surface area contributed by atoms with E-state index in [0.29, 0.717) is 0 Å². The van der Waals surface area contributed by atoms with E-state index in [0.717, 1.165) is 8.92 Å². The van der Waals surface area contributed by atoms with Crippen molar-refractivity contribution < 1.29 is 9.59 Å². The van der Waals surface area contributed by atoms with Crippen LogP contribution in [0.3, 0.4) is 0 Å². The van der Waals surface area contributed by atoms with Gasteiger partial charge in [0.1, 0.15) is 0 Å². The van der Waals surface area contributed by atoms with Crippen molar-refractivity contribution in [2.24, 2.45) is 0 Å². The average Bonchev–Trinajstić information content (AvgIpc) is 2.40. The quantitative estimate of drug-likeness (QED) is 0.539. The first-order chi connectivity index (χ1) is 9.24. The van der Waals surface area contributed by atoms with Gasteiger partial charge in [0.2, 0.25) is 0 Å². The second kappa shape index (κ2) is 7.42. The van der Waals surface area contributed by atoms with Crippen molar-refractivity contribution >= 4 is 48.2 Å². The maximum absolute atomic E-state index is 11.8. The summed E-state index contributed by atoms with van der Waals surface area (Å²) in [5, 5.41) is 0. The monoisotopic (exact) mass is 384 g/mol. The summed E-state index contributed by atoms with van der Waals surface area (Å²) in [5.74, 6) is 0. The molecule has 0 radical (unpaired) electrons. The molecule has 0 N–H and O–H groups in total. The molecule has 0 fully saturated rings. The van der Waals surface area contributed by atoms with E-state index in [4.69, 9.17) is 0 Å². The van der Waals surface area contributed by atoms with E-state index in [1.807, 2.05) is 60.7 Å². The molecule has 0 atom stereocenters. The second-order valence-corrected chi connectivity index (χ2v) is 8.50. The Morgan fingerprint density at radius 2 is 1.05 bits per heavy atom. The van der Waals surface area contributed by atoms with Crippen molar-refractivity contribution in [2.75, 3.05) is 0 Å². The van der Waals surface area contributed by atoms with Crippen molar-refractivity contribution in [3.63, 3.8) is 0 Å². The SMILES string of the molecule is O=C(CC(=O)[Se]c1ccccc1)[Se]c1ccccc1. The van der Waals surface area contributed by atoms with Gasteiger partial charge in [-0.2, -0.15) is 0 Å². The van der Waals surface area contributed by atoms with Gasteiger partial charge in [-0.15, -0.1) is 0 Å². The Morgan fingerprint density at radius 3 is 1.42 bits per heavy atom. The molecule has 0 aliphatic heterocycles. The summed E-state index contributed by atoms with van der Waals surface area (Å²) in [6.45, 7) is 0. The minimum absolute atomic E-state index is 0.0570. The number of benzene rings is 2. The Hall–Kier alpha value is -1.18. The third kappa shape index (κ3) is 5.14. The van der Waals surface area contributed by atoms with Crippen LogP contribution in [-0.4, -0.2) is 39.3 Å². The first-order valence-electron chi connectivity index (χ1n) is 5.75. The van der Waals surface area contributed by atoms with Gasteiger partial charge < -0.3 is 0 Å². The van der Waals surface area contributed by atoms with Crippen LogP contribution < -0.4 is 8.92 Å². The second-order valence-electron chi connectivity index (χ2n) is 3.75.